The van der Waals surface area contributed by atoms with Crippen molar-refractivity contribution in [3.63, 3.8) is 0 Å². The Kier molecular flexibility index (Phi) is 6.02. The van der Waals surface area contributed by atoms with E-state index in [9.17, 15) is 9.59 Å². The fourth-order valence-corrected chi connectivity index (χ4v) is 3.59. The fourth-order valence-electron chi connectivity index (χ4n) is 3.02. The third-order valence-electron chi connectivity index (χ3n) is 4.40. The zero-order valence-electron chi connectivity index (χ0n) is 15.9. The summed E-state index contributed by atoms with van der Waals surface area (Å²) in [6.07, 6.45) is 0.884. The molecule has 31 heavy (non-hydrogen) atoms. The summed E-state index contributed by atoms with van der Waals surface area (Å²) in [7, 11) is 0. The second-order valence-corrected chi connectivity index (χ2v) is 7.25. The highest BCUT2D eigenvalue weighted by Gasteiger charge is 2.17. The van der Waals surface area contributed by atoms with Crippen LogP contribution in [-0.2, 0) is 0 Å². The van der Waals surface area contributed by atoms with Gasteiger partial charge in [-0.15, -0.1) is 0 Å². The number of hydrogen-bond donors (Lipinski definition) is 2. The van der Waals surface area contributed by atoms with Crippen LogP contribution in [0.5, 0.6) is 5.75 Å². The maximum absolute atomic E-state index is 12.8. The van der Waals surface area contributed by atoms with Crippen LogP contribution in [0.15, 0.2) is 79.0 Å². The molecule has 0 saturated carbocycles. The highest BCUT2D eigenvalue weighted by atomic mass is 35.5. The van der Waals surface area contributed by atoms with Crippen molar-refractivity contribution >= 4 is 57.5 Å². The monoisotopic (exact) mass is 451 g/mol. The molecule has 0 radical (unpaired) electrons. The van der Waals surface area contributed by atoms with Crippen LogP contribution < -0.4 is 15.4 Å². The summed E-state index contributed by atoms with van der Waals surface area (Å²) in [5.74, 6) is -0.0466. The summed E-state index contributed by atoms with van der Waals surface area (Å²) >= 11 is 12.3. The first-order chi connectivity index (χ1) is 15.0. The molecule has 2 N–H and O–H groups in total. The summed E-state index contributed by atoms with van der Waals surface area (Å²) in [5, 5.41) is 6.60. The summed E-state index contributed by atoms with van der Waals surface area (Å²) < 4.78 is 5.28. The third-order valence-corrected chi connectivity index (χ3v) is 5.03. The maximum Gasteiger partial charge on any atom is 0.417 e. The molecule has 0 aliphatic heterocycles. The van der Waals surface area contributed by atoms with Crippen molar-refractivity contribution in [1.29, 1.82) is 0 Å². The molecule has 3 aromatic carbocycles. The van der Waals surface area contributed by atoms with Gasteiger partial charge in [-0.1, -0.05) is 59.6 Å². The topological polar surface area (TPSA) is 80.3 Å². The lowest BCUT2D eigenvalue weighted by atomic mass is 10.1. The van der Waals surface area contributed by atoms with Crippen molar-refractivity contribution in [2.24, 2.45) is 0 Å². The molecule has 1 aromatic heterocycles. The molecule has 0 aliphatic carbocycles. The summed E-state index contributed by atoms with van der Waals surface area (Å²) in [6.45, 7) is 0. The number of rotatable bonds is 4. The van der Waals surface area contributed by atoms with Crippen molar-refractivity contribution in [3.05, 3.63) is 94.6 Å². The lowest BCUT2D eigenvalue weighted by Crippen LogP contribution is -2.17. The first-order valence-corrected chi connectivity index (χ1v) is 9.95. The molecule has 0 spiro atoms. The SMILES string of the molecule is O=C(Nc1ccnc2c(NC(=O)c3c(Cl)cccc3Cl)cccc12)Oc1ccccc1. The summed E-state index contributed by atoms with van der Waals surface area (Å²) in [5.41, 5.74) is 1.58. The largest absolute Gasteiger partial charge is 0.417 e. The number of halogens is 2. The quantitative estimate of drug-likeness (QED) is 0.375. The molecule has 8 heteroatoms. The molecule has 2 amide bonds. The Morgan fingerprint density at radius 1 is 0.774 bits per heavy atom. The van der Waals surface area contributed by atoms with Crippen molar-refractivity contribution in [2.45, 2.75) is 0 Å². The minimum atomic E-state index is -0.643. The maximum atomic E-state index is 12.8. The molecule has 4 rings (SSSR count). The van der Waals surface area contributed by atoms with E-state index in [0.717, 1.165) is 0 Å². The Morgan fingerprint density at radius 3 is 2.23 bits per heavy atom. The van der Waals surface area contributed by atoms with Gasteiger partial charge in [-0.3, -0.25) is 15.1 Å². The highest BCUT2D eigenvalue weighted by molar-refractivity contribution is 6.40. The molecule has 1 heterocycles. The van der Waals surface area contributed by atoms with E-state index in [-0.39, 0.29) is 15.6 Å². The number of aromatic nitrogens is 1. The van der Waals surface area contributed by atoms with Crippen LogP contribution in [0.3, 0.4) is 0 Å². The Morgan fingerprint density at radius 2 is 1.48 bits per heavy atom. The first kappa shape index (κ1) is 20.7. The van der Waals surface area contributed by atoms with Gasteiger partial charge in [-0.05, 0) is 36.4 Å². The molecule has 0 saturated heterocycles. The number of nitrogens with one attached hydrogen (secondary N) is 2. The van der Waals surface area contributed by atoms with E-state index < -0.39 is 12.0 Å². The number of anilines is 2. The molecule has 0 unspecified atom stereocenters. The van der Waals surface area contributed by atoms with E-state index in [0.29, 0.717) is 28.0 Å². The molecule has 0 atom stereocenters. The second kappa shape index (κ2) is 9.04. The van der Waals surface area contributed by atoms with Gasteiger partial charge in [-0.2, -0.15) is 0 Å². The predicted molar refractivity (Wildman–Crippen MR) is 122 cm³/mol. The zero-order chi connectivity index (χ0) is 21.8. The number of ether oxygens (including phenoxy) is 1. The van der Waals surface area contributed by atoms with Gasteiger partial charge < -0.3 is 10.1 Å². The van der Waals surface area contributed by atoms with Crippen LogP contribution in [0.1, 0.15) is 10.4 Å². The molecular formula is C23H15Cl2N3O3. The van der Waals surface area contributed by atoms with Crippen LogP contribution in [-0.4, -0.2) is 17.0 Å². The van der Waals surface area contributed by atoms with Crippen LogP contribution in [0.4, 0.5) is 16.2 Å². The Labute approximate surface area is 187 Å². The standard InChI is InChI=1S/C23H15Cl2N3O3/c24-16-9-5-10-17(25)20(16)22(29)27-19-11-4-8-15-18(12-13-26-21(15)19)28-23(30)31-14-6-2-1-3-7-14/h1-13H,(H,27,29)(H,26,28,30). The van der Waals surface area contributed by atoms with E-state index >= 15 is 0 Å². The number of carbonyl (C=O) groups excluding carboxylic acids is 2. The molecule has 0 aliphatic rings. The molecule has 0 fully saturated rings. The number of fused-ring (bicyclic) bond motifs is 1. The average molecular weight is 452 g/mol. The van der Waals surface area contributed by atoms with Gasteiger partial charge in [0.2, 0.25) is 0 Å². The minimum Gasteiger partial charge on any atom is -0.410 e. The number of carbonyl (C=O) groups is 2. The van der Waals surface area contributed by atoms with Gasteiger partial charge in [0.15, 0.2) is 0 Å². The number of nitrogens with zero attached hydrogens (tertiary/aromatic N) is 1. The van der Waals surface area contributed by atoms with Crippen molar-refractivity contribution in [1.82, 2.24) is 4.98 Å². The van der Waals surface area contributed by atoms with Crippen molar-refractivity contribution < 1.29 is 14.3 Å². The van der Waals surface area contributed by atoms with Gasteiger partial charge in [0.05, 0.1) is 32.5 Å². The van der Waals surface area contributed by atoms with E-state index in [4.69, 9.17) is 27.9 Å². The van der Waals surface area contributed by atoms with E-state index in [1.54, 1.807) is 66.7 Å². The fraction of sp³-hybridized carbons (Fsp3) is 0. The molecule has 4 aromatic rings. The Bertz CT molecular complexity index is 1260. The molecule has 6 nitrogen and oxygen atoms in total. The van der Waals surface area contributed by atoms with Crippen LogP contribution in [0, 0.1) is 0 Å². The van der Waals surface area contributed by atoms with Gasteiger partial charge in [0.25, 0.3) is 5.91 Å². The zero-order valence-corrected chi connectivity index (χ0v) is 17.4. The number of hydrogen-bond acceptors (Lipinski definition) is 4. The molecular weight excluding hydrogens is 437 g/mol. The Hall–Kier alpha value is -3.61. The summed E-state index contributed by atoms with van der Waals surface area (Å²) in [6, 6.07) is 20.4. The average Bonchev–Trinajstić information content (AvgIpc) is 2.75. The highest BCUT2D eigenvalue weighted by Crippen LogP contribution is 2.30. The molecule has 0 bridgehead atoms. The minimum absolute atomic E-state index is 0.170. The van der Waals surface area contributed by atoms with Gasteiger partial charge >= 0.3 is 6.09 Å². The smallest absolute Gasteiger partial charge is 0.410 e. The van der Waals surface area contributed by atoms with E-state index in [1.165, 1.54) is 6.20 Å². The van der Waals surface area contributed by atoms with Crippen molar-refractivity contribution in [2.75, 3.05) is 10.6 Å². The molecule has 154 valence electrons. The van der Waals surface area contributed by atoms with Crippen molar-refractivity contribution in [3.8, 4) is 5.75 Å². The third kappa shape index (κ3) is 4.60. The number of para-hydroxylation sites is 2. The lowest BCUT2D eigenvalue weighted by molar-refractivity contribution is 0.102. The predicted octanol–water partition coefficient (Wildman–Crippen LogP) is 6.40. The number of benzene rings is 3. The lowest BCUT2D eigenvalue weighted by Gasteiger charge is -2.13. The van der Waals surface area contributed by atoms with E-state index in [2.05, 4.69) is 15.6 Å². The van der Waals surface area contributed by atoms with Crippen LogP contribution >= 0.6 is 23.2 Å². The second-order valence-electron chi connectivity index (χ2n) is 6.44. The van der Waals surface area contributed by atoms with Crippen LogP contribution in [0.25, 0.3) is 10.9 Å². The van der Waals surface area contributed by atoms with Gasteiger partial charge in [0, 0.05) is 11.6 Å². The van der Waals surface area contributed by atoms with E-state index in [1.807, 2.05) is 6.07 Å². The Balaban J connectivity index is 1.61. The van der Waals surface area contributed by atoms with Gasteiger partial charge in [-0.25, -0.2) is 4.79 Å². The first-order valence-electron chi connectivity index (χ1n) is 9.20. The number of amides is 2. The normalized spacial score (nSPS) is 10.5. The van der Waals surface area contributed by atoms with Gasteiger partial charge in [0.1, 0.15) is 5.75 Å². The summed E-state index contributed by atoms with van der Waals surface area (Å²) in [4.78, 5) is 29.4. The number of pyridine rings is 1. The van der Waals surface area contributed by atoms with Crippen LogP contribution in [0.2, 0.25) is 10.0 Å².